The average Bonchev–Trinajstić information content (AvgIpc) is 3.00. The SMILES string of the molecule is O=C(CCC1CC1)Cc1ccncc1. The monoisotopic (exact) mass is 189 g/mol. The van der Waals surface area contributed by atoms with Crippen molar-refractivity contribution in [3.05, 3.63) is 30.1 Å². The highest BCUT2D eigenvalue weighted by atomic mass is 16.1. The van der Waals surface area contributed by atoms with E-state index in [4.69, 9.17) is 0 Å². The minimum Gasteiger partial charge on any atom is -0.299 e. The number of Topliss-reactive ketones (excluding diaryl/α,β-unsaturated/α-hetero) is 1. The van der Waals surface area contributed by atoms with Crippen molar-refractivity contribution in [2.75, 3.05) is 0 Å². The second-order valence-electron chi connectivity index (χ2n) is 4.05. The van der Waals surface area contributed by atoms with E-state index in [9.17, 15) is 4.79 Å². The number of pyridine rings is 1. The van der Waals surface area contributed by atoms with Crippen molar-refractivity contribution >= 4 is 5.78 Å². The van der Waals surface area contributed by atoms with Crippen LogP contribution in [0.5, 0.6) is 0 Å². The summed E-state index contributed by atoms with van der Waals surface area (Å²) in [6.07, 6.45) is 8.59. The molecule has 0 unspecified atom stereocenters. The fraction of sp³-hybridized carbons (Fsp3) is 0.500. The first-order chi connectivity index (χ1) is 6.84. The molecule has 0 saturated heterocycles. The summed E-state index contributed by atoms with van der Waals surface area (Å²) in [5.41, 5.74) is 1.08. The molecule has 74 valence electrons. The molecule has 1 aromatic heterocycles. The molecule has 1 aromatic rings. The van der Waals surface area contributed by atoms with Gasteiger partial charge in [0, 0.05) is 25.2 Å². The molecule has 1 fully saturated rings. The van der Waals surface area contributed by atoms with Gasteiger partial charge in [0.2, 0.25) is 0 Å². The summed E-state index contributed by atoms with van der Waals surface area (Å²) in [5.74, 6) is 1.22. The Labute approximate surface area is 84.4 Å². The van der Waals surface area contributed by atoms with Gasteiger partial charge in [-0.25, -0.2) is 0 Å². The van der Waals surface area contributed by atoms with Gasteiger partial charge in [-0.05, 0) is 30.0 Å². The van der Waals surface area contributed by atoms with Crippen molar-refractivity contribution in [2.45, 2.75) is 32.1 Å². The van der Waals surface area contributed by atoms with E-state index >= 15 is 0 Å². The van der Waals surface area contributed by atoms with Gasteiger partial charge in [0.1, 0.15) is 5.78 Å². The molecule has 0 amide bonds. The van der Waals surface area contributed by atoms with Crippen LogP contribution in [0.2, 0.25) is 0 Å². The van der Waals surface area contributed by atoms with E-state index in [1.54, 1.807) is 12.4 Å². The third-order valence-electron chi connectivity index (χ3n) is 2.68. The summed E-state index contributed by atoms with van der Waals surface area (Å²) in [6.45, 7) is 0. The van der Waals surface area contributed by atoms with Crippen LogP contribution in [-0.4, -0.2) is 10.8 Å². The van der Waals surface area contributed by atoms with Gasteiger partial charge in [-0.15, -0.1) is 0 Å². The number of aromatic nitrogens is 1. The Hall–Kier alpha value is -1.18. The minimum atomic E-state index is 0.364. The number of carbonyl (C=O) groups is 1. The maximum Gasteiger partial charge on any atom is 0.137 e. The van der Waals surface area contributed by atoms with Gasteiger partial charge in [-0.2, -0.15) is 0 Å². The fourth-order valence-corrected chi connectivity index (χ4v) is 1.59. The zero-order chi connectivity index (χ0) is 9.80. The number of hydrogen-bond donors (Lipinski definition) is 0. The smallest absolute Gasteiger partial charge is 0.137 e. The van der Waals surface area contributed by atoms with Gasteiger partial charge < -0.3 is 0 Å². The summed E-state index contributed by atoms with van der Waals surface area (Å²) >= 11 is 0. The molecular formula is C12H15NO. The van der Waals surface area contributed by atoms with Crippen LogP contribution in [-0.2, 0) is 11.2 Å². The molecule has 1 aliphatic carbocycles. The summed E-state index contributed by atoms with van der Waals surface area (Å²) in [7, 11) is 0. The Bertz CT molecular complexity index is 303. The highest BCUT2D eigenvalue weighted by molar-refractivity contribution is 5.80. The Morgan fingerprint density at radius 3 is 2.71 bits per heavy atom. The van der Waals surface area contributed by atoms with Crippen LogP contribution >= 0.6 is 0 Å². The first-order valence-corrected chi connectivity index (χ1v) is 5.25. The maximum atomic E-state index is 11.5. The normalized spacial score (nSPS) is 15.4. The van der Waals surface area contributed by atoms with Crippen LogP contribution in [0.3, 0.4) is 0 Å². The summed E-state index contributed by atoms with van der Waals surface area (Å²) in [4.78, 5) is 15.4. The molecule has 2 rings (SSSR count). The van der Waals surface area contributed by atoms with Crippen molar-refractivity contribution in [1.82, 2.24) is 4.98 Å². The van der Waals surface area contributed by atoms with Crippen molar-refractivity contribution in [2.24, 2.45) is 5.92 Å². The van der Waals surface area contributed by atoms with Gasteiger partial charge >= 0.3 is 0 Å². The molecular weight excluding hydrogens is 174 g/mol. The first-order valence-electron chi connectivity index (χ1n) is 5.25. The third kappa shape index (κ3) is 2.95. The Balaban J connectivity index is 1.76. The molecule has 1 aliphatic rings. The van der Waals surface area contributed by atoms with Crippen LogP contribution in [0.25, 0.3) is 0 Å². The summed E-state index contributed by atoms with van der Waals surface area (Å²) in [5, 5.41) is 0. The Kier molecular flexibility index (Phi) is 2.92. The number of carbonyl (C=O) groups excluding carboxylic acids is 1. The molecule has 0 N–H and O–H groups in total. The highest BCUT2D eigenvalue weighted by Gasteiger charge is 2.21. The molecule has 0 bridgehead atoms. The summed E-state index contributed by atoms with van der Waals surface area (Å²) < 4.78 is 0. The van der Waals surface area contributed by atoms with Crippen molar-refractivity contribution in [3.63, 3.8) is 0 Å². The first kappa shape index (κ1) is 9.38. The van der Waals surface area contributed by atoms with E-state index in [2.05, 4.69) is 4.98 Å². The van der Waals surface area contributed by atoms with Crippen LogP contribution in [0.1, 0.15) is 31.2 Å². The lowest BCUT2D eigenvalue weighted by molar-refractivity contribution is -0.118. The van der Waals surface area contributed by atoms with Crippen LogP contribution in [0, 0.1) is 5.92 Å². The Morgan fingerprint density at radius 2 is 2.07 bits per heavy atom. The lowest BCUT2D eigenvalue weighted by atomic mass is 10.1. The van der Waals surface area contributed by atoms with E-state index in [1.165, 1.54) is 12.8 Å². The zero-order valence-corrected chi connectivity index (χ0v) is 8.28. The van der Waals surface area contributed by atoms with E-state index in [0.717, 1.165) is 24.3 Å². The van der Waals surface area contributed by atoms with E-state index in [1.807, 2.05) is 12.1 Å². The van der Waals surface area contributed by atoms with Gasteiger partial charge in [-0.3, -0.25) is 9.78 Å². The number of nitrogens with zero attached hydrogens (tertiary/aromatic N) is 1. The highest BCUT2D eigenvalue weighted by Crippen LogP contribution is 2.33. The van der Waals surface area contributed by atoms with Crippen LogP contribution in [0.4, 0.5) is 0 Å². The molecule has 0 radical (unpaired) electrons. The number of rotatable bonds is 5. The number of hydrogen-bond acceptors (Lipinski definition) is 2. The van der Waals surface area contributed by atoms with E-state index in [0.29, 0.717) is 12.2 Å². The van der Waals surface area contributed by atoms with Gasteiger partial charge in [-0.1, -0.05) is 12.8 Å². The van der Waals surface area contributed by atoms with Crippen LogP contribution < -0.4 is 0 Å². The second kappa shape index (κ2) is 4.36. The predicted octanol–water partition coefficient (Wildman–Crippen LogP) is 2.38. The molecule has 0 aliphatic heterocycles. The van der Waals surface area contributed by atoms with E-state index in [-0.39, 0.29) is 0 Å². The molecule has 0 aromatic carbocycles. The standard InChI is InChI=1S/C12H15NO/c14-12(4-3-10-1-2-10)9-11-5-7-13-8-6-11/h5-8,10H,1-4,9H2. The lowest BCUT2D eigenvalue weighted by Crippen LogP contribution is -2.02. The van der Waals surface area contributed by atoms with Crippen molar-refractivity contribution in [3.8, 4) is 0 Å². The minimum absolute atomic E-state index is 0.364. The van der Waals surface area contributed by atoms with E-state index < -0.39 is 0 Å². The zero-order valence-electron chi connectivity index (χ0n) is 8.28. The molecule has 1 saturated carbocycles. The second-order valence-corrected chi connectivity index (χ2v) is 4.05. The van der Waals surface area contributed by atoms with Gasteiger partial charge in [0.05, 0.1) is 0 Å². The predicted molar refractivity (Wildman–Crippen MR) is 54.9 cm³/mol. The van der Waals surface area contributed by atoms with Gasteiger partial charge in [0.25, 0.3) is 0 Å². The lowest BCUT2D eigenvalue weighted by Gasteiger charge is -1.99. The molecule has 2 nitrogen and oxygen atoms in total. The third-order valence-corrected chi connectivity index (χ3v) is 2.68. The fourth-order valence-electron chi connectivity index (χ4n) is 1.59. The largest absolute Gasteiger partial charge is 0.299 e. The van der Waals surface area contributed by atoms with Crippen LogP contribution in [0.15, 0.2) is 24.5 Å². The molecule has 0 spiro atoms. The Morgan fingerprint density at radius 1 is 1.36 bits per heavy atom. The topological polar surface area (TPSA) is 30.0 Å². The van der Waals surface area contributed by atoms with Crippen molar-refractivity contribution < 1.29 is 4.79 Å². The summed E-state index contributed by atoms with van der Waals surface area (Å²) in [6, 6.07) is 3.82. The number of ketones is 1. The molecule has 1 heterocycles. The quantitative estimate of drug-likeness (QED) is 0.711. The van der Waals surface area contributed by atoms with Crippen molar-refractivity contribution in [1.29, 1.82) is 0 Å². The molecule has 2 heteroatoms. The molecule has 14 heavy (non-hydrogen) atoms. The molecule has 0 atom stereocenters. The average molecular weight is 189 g/mol. The maximum absolute atomic E-state index is 11.5. The van der Waals surface area contributed by atoms with Gasteiger partial charge in [0.15, 0.2) is 0 Å².